The average molecular weight is 274 g/mol. The van der Waals surface area contributed by atoms with E-state index in [0.29, 0.717) is 5.56 Å². The number of likely N-dealkylation sites (N-methyl/N-ethyl adjacent to an activating group) is 1. The molecule has 1 aromatic rings. The Kier molecular flexibility index (Phi) is 5.22. The fourth-order valence-electron chi connectivity index (χ4n) is 2.40. The van der Waals surface area contributed by atoms with Gasteiger partial charge in [0.2, 0.25) is 0 Å². The maximum atomic E-state index is 9.21. The summed E-state index contributed by atoms with van der Waals surface area (Å²) in [7, 11) is 3.67. The molecule has 1 fully saturated rings. The summed E-state index contributed by atoms with van der Waals surface area (Å²) in [6.07, 6.45) is 0. The van der Waals surface area contributed by atoms with Crippen molar-refractivity contribution in [2.45, 2.75) is 0 Å². The van der Waals surface area contributed by atoms with Gasteiger partial charge in [0.15, 0.2) is 0 Å². The highest BCUT2D eigenvalue weighted by Crippen LogP contribution is 2.24. The molecule has 0 aromatic heterocycles. The van der Waals surface area contributed by atoms with Gasteiger partial charge >= 0.3 is 0 Å². The van der Waals surface area contributed by atoms with Gasteiger partial charge in [-0.25, -0.2) is 0 Å². The Bertz CT molecular complexity index is 477. The summed E-state index contributed by atoms with van der Waals surface area (Å²) in [5, 5.41) is 12.6. The van der Waals surface area contributed by atoms with Crippen LogP contribution in [0.4, 0.5) is 5.69 Å². The van der Waals surface area contributed by atoms with Crippen LogP contribution in [0.3, 0.4) is 0 Å². The van der Waals surface area contributed by atoms with Crippen LogP contribution in [0.15, 0.2) is 18.2 Å². The summed E-state index contributed by atoms with van der Waals surface area (Å²) >= 11 is 0. The van der Waals surface area contributed by atoms with E-state index < -0.39 is 0 Å². The average Bonchev–Trinajstić information content (AvgIpc) is 2.52. The van der Waals surface area contributed by atoms with Crippen molar-refractivity contribution in [2.24, 2.45) is 0 Å². The molecule has 0 saturated carbocycles. The molecule has 0 radical (unpaired) electrons. The Balaban J connectivity index is 2.00. The molecule has 1 N–H and O–H groups in total. The van der Waals surface area contributed by atoms with Gasteiger partial charge in [0.25, 0.3) is 0 Å². The summed E-state index contributed by atoms with van der Waals surface area (Å²) in [6, 6.07) is 7.81. The number of nitrogens with one attached hydrogen (secondary N) is 1. The van der Waals surface area contributed by atoms with Crippen LogP contribution in [-0.2, 0) is 0 Å². The third-order valence-corrected chi connectivity index (χ3v) is 3.70. The van der Waals surface area contributed by atoms with E-state index in [-0.39, 0.29) is 0 Å². The van der Waals surface area contributed by atoms with Gasteiger partial charge < -0.3 is 15.0 Å². The topological polar surface area (TPSA) is 51.5 Å². The molecule has 0 spiro atoms. The molecule has 5 nitrogen and oxygen atoms in total. The Morgan fingerprint density at radius 2 is 2.15 bits per heavy atom. The zero-order chi connectivity index (χ0) is 14.4. The van der Waals surface area contributed by atoms with E-state index in [1.807, 2.05) is 25.2 Å². The molecular formula is C15H22N4O. The predicted molar refractivity (Wildman–Crippen MR) is 80.3 cm³/mol. The number of nitriles is 1. The van der Waals surface area contributed by atoms with Crippen molar-refractivity contribution in [1.29, 1.82) is 5.26 Å². The summed E-state index contributed by atoms with van der Waals surface area (Å²) < 4.78 is 5.24. The van der Waals surface area contributed by atoms with Gasteiger partial charge in [0.1, 0.15) is 11.8 Å². The number of piperazine rings is 1. The summed E-state index contributed by atoms with van der Waals surface area (Å²) in [6.45, 7) is 6.23. The number of anilines is 1. The quantitative estimate of drug-likeness (QED) is 0.865. The van der Waals surface area contributed by atoms with E-state index in [0.717, 1.165) is 50.7 Å². The highest BCUT2D eigenvalue weighted by atomic mass is 16.5. The third-order valence-electron chi connectivity index (χ3n) is 3.70. The number of nitrogens with zero attached hydrogens (tertiary/aromatic N) is 3. The van der Waals surface area contributed by atoms with Gasteiger partial charge in [-0.15, -0.1) is 0 Å². The SMILES string of the molecule is COc1ccc(C#N)c(N(C)CCN2CCNCC2)c1. The van der Waals surface area contributed by atoms with Crippen LogP contribution in [0.5, 0.6) is 5.75 Å². The Morgan fingerprint density at radius 3 is 2.80 bits per heavy atom. The van der Waals surface area contributed by atoms with Crippen LogP contribution >= 0.6 is 0 Å². The first-order valence-corrected chi connectivity index (χ1v) is 6.97. The second-order valence-corrected chi connectivity index (χ2v) is 5.01. The molecule has 0 unspecified atom stereocenters. The van der Waals surface area contributed by atoms with Crippen LogP contribution in [0.25, 0.3) is 0 Å². The minimum Gasteiger partial charge on any atom is -0.497 e. The van der Waals surface area contributed by atoms with Crippen molar-refractivity contribution < 1.29 is 4.74 Å². The Labute approximate surface area is 120 Å². The molecule has 1 saturated heterocycles. The lowest BCUT2D eigenvalue weighted by molar-refractivity contribution is 0.246. The lowest BCUT2D eigenvalue weighted by Gasteiger charge is -2.30. The summed E-state index contributed by atoms with van der Waals surface area (Å²) in [4.78, 5) is 4.57. The van der Waals surface area contributed by atoms with Gasteiger partial charge in [0.05, 0.1) is 18.4 Å². The first-order valence-electron chi connectivity index (χ1n) is 6.97. The third kappa shape index (κ3) is 3.62. The largest absolute Gasteiger partial charge is 0.497 e. The molecule has 1 heterocycles. The second kappa shape index (κ2) is 7.13. The zero-order valence-corrected chi connectivity index (χ0v) is 12.2. The highest BCUT2D eigenvalue weighted by Gasteiger charge is 2.13. The van der Waals surface area contributed by atoms with Crippen molar-refractivity contribution in [3.63, 3.8) is 0 Å². The van der Waals surface area contributed by atoms with Crippen molar-refractivity contribution in [3.05, 3.63) is 23.8 Å². The van der Waals surface area contributed by atoms with E-state index in [4.69, 9.17) is 4.74 Å². The van der Waals surface area contributed by atoms with Crippen molar-refractivity contribution in [2.75, 3.05) is 58.3 Å². The summed E-state index contributed by atoms with van der Waals surface area (Å²) in [5.41, 5.74) is 1.62. The van der Waals surface area contributed by atoms with E-state index in [2.05, 4.69) is 21.2 Å². The molecular weight excluding hydrogens is 252 g/mol. The Morgan fingerprint density at radius 1 is 1.40 bits per heavy atom. The molecule has 0 bridgehead atoms. The first kappa shape index (κ1) is 14.6. The molecule has 108 valence electrons. The van der Waals surface area contributed by atoms with Crippen LogP contribution in [-0.4, -0.2) is 58.3 Å². The molecule has 5 heteroatoms. The standard InChI is InChI=1S/C15H22N4O/c1-18(9-10-19-7-5-17-6-8-19)15-11-14(20-2)4-3-13(15)12-16/h3-4,11,17H,5-10H2,1-2H3. The van der Waals surface area contributed by atoms with Crippen LogP contribution in [0, 0.1) is 11.3 Å². The predicted octanol–water partition coefficient (Wildman–Crippen LogP) is 0.908. The second-order valence-electron chi connectivity index (χ2n) is 5.01. The van der Waals surface area contributed by atoms with Gasteiger partial charge in [-0.2, -0.15) is 5.26 Å². The van der Waals surface area contributed by atoms with Gasteiger partial charge in [-0.3, -0.25) is 4.90 Å². The van der Waals surface area contributed by atoms with Crippen LogP contribution < -0.4 is 15.0 Å². The van der Waals surface area contributed by atoms with Crippen LogP contribution in [0.2, 0.25) is 0 Å². The maximum Gasteiger partial charge on any atom is 0.121 e. The normalized spacial score (nSPS) is 15.7. The van der Waals surface area contributed by atoms with Crippen molar-refractivity contribution in [3.8, 4) is 11.8 Å². The van der Waals surface area contributed by atoms with E-state index >= 15 is 0 Å². The maximum absolute atomic E-state index is 9.21. The van der Waals surface area contributed by atoms with Gasteiger partial charge in [-0.05, 0) is 12.1 Å². The van der Waals surface area contributed by atoms with E-state index in [9.17, 15) is 5.26 Å². The number of methoxy groups -OCH3 is 1. The van der Waals surface area contributed by atoms with Crippen molar-refractivity contribution >= 4 is 5.69 Å². The monoisotopic (exact) mass is 274 g/mol. The molecule has 0 atom stereocenters. The molecule has 2 rings (SSSR count). The molecule has 1 aliphatic heterocycles. The molecule has 20 heavy (non-hydrogen) atoms. The minimum absolute atomic E-state index is 0.689. The van der Waals surface area contributed by atoms with E-state index in [1.165, 1.54) is 0 Å². The van der Waals surface area contributed by atoms with Crippen LogP contribution in [0.1, 0.15) is 5.56 Å². The summed E-state index contributed by atoms with van der Waals surface area (Å²) in [5.74, 6) is 0.785. The lowest BCUT2D eigenvalue weighted by Crippen LogP contribution is -2.46. The number of benzene rings is 1. The molecule has 0 amide bonds. The first-order chi connectivity index (χ1) is 9.74. The van der Waals surface area contributed by atoms with E-state index in [1.54, 1.807) is 7.11 Å². The fourth-order valence-corrected chi connectivity index (χ4v) is 2.40. The minimum atomic E-state index is 0.689. The molecule has 1 aliphatic rings. The zero-order valence-electron chi connectivity index (χ0n) is 12.2. The number of hydrogen-bond acceptors (Lipinski definition) is 5. The number of rotatable bonds is 5. The molecule has 1 aromatic carbocycles. The number of hydrogen-bond donors (Lipinski definition) is 1. The van der Waals surface area contributed by atoms with Crippen molar-refractivity contribution in [1.82, 2.24) is 10.2 Å². The van der Waals surface area contributed by atoms with Gasteiger partial charge in [0, 0.05) is 52.4 Å². The molecule has 0 aliphatic carbocycles. The smallest absolute Gasteiger partial charge is 0.121 e. The fraction of sp³-hybridized carbons (Fsp3) is 0.533. The number of ether oxygens (including phenoxy) is 1. The lowest BCUT2D eigenvalue weighted by atomic mass is 10.1. The Hall–Kier alpha value is -1.77. The van der Waals surface area contributed by atoms with Gasteiger partial charge in [-0.1, -0.05) is 0 Å². The highest BCUT2D eigenvalue weighted by molar-refractivity contribution is 5.61.